The Morgan fingerprint density at radius 1 is 0.903 bits per heavy atom. The fraction of sp³-hybridized carbons (Fsp3) is 0.375. The van der Waals surface area contributed by atoms with Crippen LogP contribution in [-0.4, -0.2) is 30.1 Å². The summed E-state index contributed by atoms with van der Waals surface area (Å²) in [6.07, 6.45) is -0.0668. The van der Waals surface area contributed by atoms with Crippen LogP contribution in [-0.2, 0) is 27.3 Å². The van der Waals surface area contributed by atoms with Gasteiger partial charge in [-0.2, -0.15) is 0 Å². The van der Waals surface area contributed by atoms with Gasteiger partial charge in [0.1, 0.15) is 5.60 Å². The van der Waals surface area contributed by atoms with E-state index in [9.17, 15) is 14.4 Å². The van der Waals surface area contributed by atoms with Gasteiger partial charge in [-0.3, -0.25) is 9.59 Å². The third-order valence-electron chi connectivity index (χ3n) is 4.36. The van der Waals surface area contributed by atoms with Crippen molar-refractivity contribution in [2.24, 2.45) is 0 Å². The monoisotopic (exact) mass is 425 g/mol. The first kappa shape index (κ1) is 23.9. The fourth-order valence-electron chi connectivity index (χ4n) is 2.77. The number of aryl methyl sites for hydroxylation is 1. The van der Waals surface area contributed by atoms with Gasteiger partial charge in [0.05, 0.1) is 6.42 Å². The van der Waals surface area contributed by atoms with Gasteiger partial charge in [0.2, 0.25) is 11.8 Å². The SMILES string of the molecule is Cc1ccccc1CC(=O)NCc1ccc(NC(=O)CCNC(=O)OC(C)(C)C)cc1. The molecule has 0 heterocycles. The van der Waals surface area contributed by atoms with E-state index in [1.165, 1.54) is 0 Å². The number of hydrogen-bond acceptors (Lipinski definition) is 4. The summed E-state index contributed by atoms with van der Waals surface area (Å²) in [6.45, 7) is 7.92. The molecular formula is C24H31N3O4. The summed E-state index contributed by atoms with van der Waals surface area (Å²) in [7, 11) is 0. The van der Waals surface area contributed by atoms with Gasteiger partial charge in [0, 0.05) is 25.2 Å². The Hall–Kier alpha value is -3.35. The second-order valence-electron chi connectivity index (χ2n) is 8.30. The van der Waals surface area contributed by atoms with Crippen molar-refractivity contribution in [3.63, 3.8) is 0 Å². The molecule has 2 rings (SSSR count). The van der Waals surface area contributed by atoms with E-state index < -0.39 is 11.7 Å². The van der Waals surface area contributed by atoms with Gasteiger partial charge >= 0.3 is 6.09 Å². The minimum absolute atomic E-state index is 0.0378. The topological polar surface area (TPSA) is 96.5 Å². The first-order valence-corrected chi connectivity index (χ1v) is 10.3. The molecule has 7 heteroatoms. The molecular weight excluding hydrogens is 394 g/mol. The van der Waals surface area contributed by atoms with Crippen LogP contribution in [0.5, 0.6) is 0 Å². The summed E-state index contributed by atoms with van der Waals surface area (Å²) in [5, 5.41) is 8.24. The zero-order valence-electron chi connectivity index (χ0n) is 18.6. The lowest BCUT2D eigenvalue weighted by Crippen LogP contribution is -2.34. The second kappa shape index (κ2) is 11.2. The largest absolute Gasteiger partial charge is 0.444 e. The molecule has 0 aliphatic rings. The smallest absolute Gasteiger partial charge is 0.407 e. The third-order valence-corrected chi connectivity index (χ3v) is 4.36. The quantitative estimate of drug-likeness (QED) is 0.601. The van der Waals surface area contributed by atoms with Crippen LogP contribution in [0, 0.1) is 6.92 Å². The lowest BCUT2D eigenvalue weighted by Gasteiger charge is -2.19. The summed E-state index contributed by atoms with van der Waals surface area (Å²) in [5.74, 6) is -0.250. The molecule has 0 saturated heterocycles. The highest BCUT2D eigenvalue weighted by atomic mass is 16.6. The molecule has 0 aliphatic carbocycles. The molecule has 7 nitrogen and oxygen atoms in total. The van der Waals surface area contributed by atoms with Crippen LogP contribution >= 0.6 is 0 Å². The number of amides is 3. The van der Waals surface area contributed by atoms with Crippen molar-refractivity contribution in [2.45, 2.75) is 52.7 Å². The van der Waals surface area contributed by atoms with Crippen molar-refractivity contribution in [1.82, 2.24) is 10.6 Å². The van der Waals surface area contributed by atoms with Crippen LogP contribution in [0.1, 0.15) is 43.9 Å². The Labute approximate surface area is 183 Å². The molecule has 0 fully saturated rings. The molecule has 166 valence electrons. The average Bonchev–Trinajstić information content (AvgIpc) is 2.68. The number of carbonyl (C=O) groups is 3. The van der Waals surface area contributed by atoms with Gasteiger partial charge in [0.25, 0.3) is 0 Å². The van der Waals surface area contributed by atoms with Crippen molar-refractivity contribution in [1.29, 1.82) is 0 Å². The van der Waals surface area contributed by atoms with E-state index in [0.29, 0.717) is 18.7 Å². The van der Waals surface area contributed by atoms with Crippen molar-refractivity contribution in [3.05, 3.63) is 65.2 Å². The maximum atomic E-state index is 12.2. The Bertz CT molecular complexity index is 902. The van der Waals surface area contributed by atoms with Gasteiger partial charge in [-0.15, -0.1) is 0 Å². The molecule has 0 aromatic heterocycles. The first-order valence-electron chi connectivity index (χ1n) is 10.3. The molecule has 0 radical (unpaired) electrons. The third kappa shape index (κ3) is 9.33. The number of anilines is 1. The number of alkyl carbamates (subject to hydrolysis) is 1. The Morgan fingerprint density at radius 3 is 2.23 bits per heavy atom. The second-order valence-corrected chi connectivity index (χ2v) is 8.30. The van der Waals surface area contributed by atoms with Gasteiger partial charge in [-0.1, -0.05) is 36.4 Å². The van der Waals surface area contributed by atoms with Crippen molar-refractivity contribution >= 4 is 23.6 Å². The summed E-state index contributed by atoms with van der Waals surface area (Å²) >= 11 is 0. The van der Waals surface area contributed by atoms with E-state index in [1.807, 2.05) is 43.3 Å². The molecule has 2 aromatic carbocycles. The van der Waals surface area contributed by atoms with Gasteiger partial charge in [-0.25, -0.2) is 4.79 Å². The standard InChI is InChI=1S/C24H31N3O4/c1-17-7-5-6-8-19(17)15-22(29)26-16-18-9-11-20(12-10-18)27-21(28)13-14-25-23(30)31-24(2,3)4/h5-12H,13-16H2,1-4H3,(H,25,30)(H,26,29)(H,27,28). The number of benzene rings is 2. The van der Waals surface area contributed by atoms with Crippen LogP contribution in [0.25, 0.3) is 0 Å². The molecule has 2 aromatic rings. The Balaban J connectivity index is 1.71. The highest BCUT2D eigenvalue weighted by Gasteiger charge is 2.15. The molecule has 0 spiro atoms. The molecule has 0 atom stereocenters. The zero-order valence-corrected chi connectivity index (χ0v) is 18.6. The van der Waals surface area contributed by atoms with Crippen molar-refractivity contribution < 1.29 is 19.1 Å². The van der Waals surface area contributed by atoms with E-state index in [4.69, 9.17) is 4.74 Å². The summed E-state index contributed by atoms with van der Waals surface area (Å²) in [4.78, 5) is 35.8. The lowest BCUT2D eigenvalue weighted by molar-refractivity contribution is -0.120. The van der Waals surface area contributed by atoms with E-state index in [2.05, 4.69) is 16.0 Å². The highest BCUT2D eigenvalue weighted by molar-refractivity contribution is 5.91. The summed E-state index contributed by atoms with van der Waals surface area (Å²) in [5.41, 5.74) is 3.12. The maximum Gasteiger partial charge on any atom is 0.407 e. The fourth-order valence-corrected chi connectivity index (χ4v) is 2.77. The number of nitrogens with one attached hydrogen (secondary N) is 3. The number of rotatable bonds is 8. The number of hydrogen-bond donors (Lipinski definition) is 3. The molecule has 0 saturated carbocycles. The predicted molar refractivity (Wildman–Crippen MR) is 121 cm³/mol. The van der Waals surface area contributed by atoms with Gasteiger partial charge < -0.3 is 20.7 Å². The Kier molecular flexibility index (Phi) is 8.61. The Morgan fingerprint density at radius 2 is 1.58 bits per heavy atom. The lowest BCUT2D eigenvalue weighted by atomic mass is 10.1. The van der Waals surface area contributed by atoms with Gasteiger partial charge in [0.15, 0.2) is 0 Å². The number of carbonyl (C=O) groups excluding carboxylic acids is 3. The molecule has 31 heavy (non-hydrogen) atoms. The first-order chi connectivity index (χ1) is 14.6. The van der Waals surface area contributed by atoms with Crippen molar-refractivity contribution in [3.8, 4) is 0 Å². The van der Waals surface area contributed by atoms with E-state index in [0.717, 1.165) is 16.7 Å². The minimum Gasteiger partial charge on any atom is -0.444 e. The molecule has 0 bridgehead atoms. The van der Waals surface area contributed by atoms with Crippen LogP contribution in [0.2, 0.25) is 0 Å². The molecule has 3 amide bonds. The van der Waals surface area contributed by atoms with Gasteiger partial charge in [-0.05, 0) is 56.5 Å². The molecule has 0 unspecified atom stereocenters. The summed E-state index contributed by atoms with van der Waals surface area (Å²) in [6, 6.07) is 15.1. The maximum absolute atomic E-state index is 12.2. The number of ether oxygens (including phenoxy) is 1. The van der Waals surface area contributed by atoms with Crippen LogP contribution < -0.4 is 16.0 Å². The summed E-state index contributed by atoms with van der Waals surface area (Å²) < 4.78 is 5.12. The van der Waals surface area contributed by atoms with Crippen molar-refractivity contribution in [2.75, 3.05) is 11.9 Å². The predicted octanol–water partition coefficient (Wildman–Crippen LogP) is 3.71. The van der Waals surface area contributed by atoms with E-state index >= 15 is 0 Å². The van der Waals surface area contributed by atoms with Crippen LogP contribution in [0.4, 0.5) is 10.5 Å². The minimum atomic E-state index is -0.575. The van der Waals surface area contributed by atoms with Crippen LogP contribution in [0.15, 0.2) is 48.5 Å². The average molecular weight is 426 g/mol. The van der Waals surface area contributed by atoms with Crippen LogP contribution in [0.3, 0.4) is 0 Å². The molecule has 0 aliphatic heterocycles. The molecule has 3 N–H and O–H groups in total. The van der Waals surface area contributed by atoms with E-state index in [-0.39, 0.29) is 24.8 Å². The highest BCUT2D eigenvalue weighted by Crippen LogP contribution is 2.11. The van der Waals surface area contributed by atoms with E-state index in [1.54, 1.807) is 32.9 Å². The zero-order chi connectivity index (χ0) is 22.9. The normalized spacial score (nSPS) is 10.8.